The number of carbonyl (C=O) groups excluding carboxylic acids is 1. The average Bonchev–Trinajstić information content (AvgIpc) is 1.87. The Hall–Kier alpha value is -0.640. The highest BCUT2D eigenvalue weighted by Crippen LogP contribution is 2.13. The second-order valence-electron chi connectivity index (χ2n) is 1.06. The maximum atomic E-state index is 10.2. The summed E-state index contributed by atoms with van der Waals surface area (Å²) in [5.41, 5.74) is 4.88. The third kappa shape index (κ3) is 0.866. The zero-order valence-corrected chi connectivity index (χ0v) is 4.34. The van der Waals surface area contributed by atoms with E-state index in [4.69, 9.17) is 0 Å². The molecule has 0 saturated carbocycles. The standard InChI is InChI=1S/C3H4N2OS/c1-2-4-5-3(6)7-2/h4H,1H2,(H,5,6). The number of thioether (sulfide) groups is 1. The molecule has 0 bridgehead atoms. The summed E-state index contributed by atoms with van der Waals surface area (Å²) in [5.74, 6) is 0. The molecule has 0 aromatic heterocycles. The Morgan fingerprint density at radius 1 is 1.57 bits per heavy atom. The molecule has 0 aromatic rings. The van der Waals surface area contributed by atoms with Gasteiger partial charge in [0.2, 0.25) is 0 Å². The zero-order valence-electron chi connectivity index (χ0n) is 3.52. The average molecular weight is 116 g/mol. The van der Waals surface area contributed by atoms with Gasteiger partial charge >= 0.3 is 5.24 Å². The molecule has 0 aromatic carbocycles. The summed E-state index contributed by atoms with van der Waals surface area (Å²) in [6, 6.07) is 0. The second kappa shape index (κ2) is 1.46. The van der Waals surface area contributed by atoms with Gasteiger partial charge in [-0.25, -0.2) is 0 Å². The molecular formula is C3H4N2OS. The molecule has 0 unspecified atom stereocenters. The van der Waals surface area contributed by atoms with Crippen LogP contribution in [0.25, 0.3) is 0 Å². The molecule has 1 amide bonds. The van der Waals surface area contributed by atoms with Crippen LogP contribution < -0.4 is 10.9 Å². The maximum absolute atomic E-state index is 10.2. The van der Waals surface area contributed by atoms with E-state index in [1.165, 1.54) is 0 Å². The molecule has 1 fully saturated rings. The van der Waals surface area contributed by atoms with Crippen molar-refractivity contribution >= 4 is 17.0 Å². The van der Waals surface area contributed by atoms with Crippen molar-refractivity contribution in [1.82, 2.24) is 10.9 Å². The fourth-order valence-corrected chi connectivity index (χ4v) is 0.712. The molecule has 0 atom stereocenters. The Morgan fingerprint density at radius 2 is 2.29 bits per heavy atom. The molecule has 0 spiro atoms. The molecule has 1 heterocycles. The number of hydrogen-bond acceptors (Lipinski definition) is 3. The number of hydrogen-bond donors (Lipinski definition) is 2. The number of rotatable bonds is 0. The minimum absolute atomic E-state index is 0.0926. The highest BCUT2D eigenvalue weighted by molar-refractivity contribution is 8.17. The minimum Gasteiger partial charge on any atom is -0.292 e. The molecule has 0 aliphatic carbocycles. The van der Waals surface area contributed by atoms with Crippen molar-refractivity contribution in [3.05, 3.63) is 11.6 Å². The quantitative estimate of drug-likeness (QED) is 0.482. The van der Waals surface area contributed by atoms with Gasteiger partial charge in [0, 0.05) is 0 Å². The van der Waals surface area contributed by atoms with E-state index in [-0.39, 0.29) is 5.24 Å². The summed E-state index contributed by atoms with van der Waals surface area (Å²) in [5, 5.41) is 0.565. The van der Waals surface area contributed by atoms with Gasteiger partial charge in [0.15, 0.2) is 0 Å². The van der Waals surface area contributed by atoms with Gasteiger partial charge in [-0.2, -0.15) is 0 Å². The first kappa shape index (κ1) is 4.52. The highest BCUT2D eigenvalue weighted by atomic mass is 32.2. The van der Waals surface area contributed by atoms with E-state index in [2.05, 4.69) is 17.4 Å². The molecular weight excluding hydrogens is 112 g/mol. The van der Waals surface area contributed by atoms with Gasteiger partial charge in [-0.05, 0) is 11.8 Å². The number of hydrazine groups is 1. The molecule has 2 N–H and O–H groups in total. The lowest BCUT2D eigenvalue weighted by atomic mass is 11.0. The lowest BCUT2D eigenvalue weighted by Crippen LogP contribution is -2.23. The molecule has 38 valence electrons. The van der Waals surface area contributed by atoms with Crippen LogP contribution in [-0.4, -0.2) is 5.24 Å². The van der Waals surface area contributed by atoms with E-state index in [1.54, 1.807) is 0 Å². The molecule has 7 heavy (non-hydrogen) atoms. The first-order chi connectivity index (χ1) is 3.29. The molecule has 4 heteroatoms. The van der Waals surface area contributed by atoms with Crippen molar-refractivity contribution in [3.8, 4) is 0 Å². The van der Waals surface area contributed by atoms with E-state index in [0.29, 0.717) is 5.03 Å². The van der Waals surface area contributed by atoms with Crippen LogP contribution >= 0.6 is 11.8 Å². The van der Waals surface area contributed by atoms with Crippen molar-refractivity contribution < 1.29 is 4.79 Å². The SMILES string of the molecule is C=C1NNC(=O)S1. The predicted molar refractivity (Wildman–Crippen MR) is 28.4 cm³/mol. The van der Waals surface area contributed by atoms with Crippen LogP contribution in [0.1, 0.15) is 0 Å². The minimum atomic E-state index is -0.0926. The highest BCUT2D eigenvalue weighted by Gasteiger charge is 2.10. The summed E-state index contributed by atoms with van der Waals surface area (Å²) in [7, 11) is 0. The van der Waals surface area contributed by atoms with Gasteiger partial charge in [-0.3, -0.25) is 15.6 Å². The summed E-state index contributed by atoms with van der Waals surface area (Å²) >= 11 is 1.06. The van der Waals surface area contributed by atoms with Crippen LogP contribution in [0.3, 0.4) is 0 Å². The van der Waals surface area contributed by atoms with Crippen LogP contribution in [0, 0.1) is 0 Å². The lowest BCUT2D eigenvalue weighted by Gasteiger charge is -1.86. The van der Waals surface area contributed by atoms with Crippen molar-refractivity contribution in [2.75, 3.05) is 0 Å². The van der Waals surface area contributed by atoms with Crippen molar-refractivity contribution in [1.29, 1.82) is 0 Å². The Morgan fingerprint density at radius 3 is 2.43 bits per heavy atom. The van der Waals surface area contributed by atoms with Gasteiger partial charge in [0.05, 0.1) is 5.03 Å². The van der Waals surface area contributed by atoms with Crippen LogP contribution in [0.15, 0.2) is 11.6 Å². The van der Waals surface area contributed by atoms with E-state index in [9.17, 15) is 4.79 Å². The number of nitrogens with one attached hydrogen (secondary N) is 2. The smallest absolute Gasteiger partial charge is 0.292 e. The van der Waals surface area contributed by atoms with E-state index >= 15 is 0 Å². The Kier molecular flexibility index (Phi) is 0.941. The van der Waals surface area contributed by atoms with Gasteiger partial charge in [0.1, 0.15) is 0 Å². The normalized spacial score (nSPS) is 18.9. The number of amides is 1. The van der Waals surface area contributed by atoms with Crippen LogP contribution in [-0.2, 0) is 0 Å². The molecule has 1 saturated heterocycles. The number of carbonyl (C=O) groups is 1. The van der Waals surface area contributed by atoms with Crippen molar-refractivity contribution in [3.63, 3.8) is 0 Å². The van der Waals surface area contributed by atoms with E-state index in [1.807, 2.05) is 0 Å². The molecule has 1 aliphatic heterocycles. The topological polar surface area (TPSA) is 41.1 Å². The maximum Gasteiger partial charge on any atom is 0.303 e. The van der Waals surface area contributed by atoms with Crippen molar-refractivity contribution in [2.45, 2.75) is 0 Å². The lowest BCUT2D eigenvalue weighted by molar-refractivity contribution is 0.260. The largest absolute Gasteiger partial charge is 0.303 e. The third-order valence-corrected chi connectivity index (χ3v) is 1.16. The fourth-order valence-electron chi connectivity index (χ4n) is 0.284. The molecule has 0 radical (unpaired) electrons. The van der Waals surface area contributed by atoms with Crippen LogP contribution in [0.2, 0.25) is 0 Å². The van der Waals surface area contributed by atoms with E-state index < -0.39 is 0 Å². The fraction of sp³-hybridized carbons (Fsp3) is 0. The van der Waals surface area contributed by atoms with Crippen molar-refractivity contribution in [2.24, 2.45) is 0 Å². The zero-order chi connectivity index (χ0) is 5.28. The Labute approximate surface area is 45.1 Å². The first-order valence-corrected chi connectivity index (χ1v) is 2.53. The van der Waals surface area contributed by atoms with Gasteiger partial charge in [0.25, 0.3) is 0 Å². The molecule has 1 rings (SSSR count). The molecule has 1 aliphatic rings. The van der Waals surface area contributed by atoms with Gasteiger partial charge in [-0.1, -0.05) is 6.58 Å². The molecule has 3 nitrogen and oxygen atoms in total. The summed E-state index contributed by atoms with van der Waals surface area (Å²) in [6.45, 7) is 3.47. The van der Waals surface area contributed by atoms with Gasteiger partial charge < -0.3 is 0 Å². The Balaban J connectivity index is 2.55. The summed E-state index contributed by atoms with van der Waals surface area (Å²) < 4.78 is 0. The first-order valence-electron chi connectivity index (χ1n) is 1.72. The second-order valence-corrected chi connectivity index (χ2v) is 2.13. The summed E-state index contributed by atoms with van der Waals surface area (Å²) in [6.07, 6.45) is 0. The Bertz CT molecular complexity index is 108. The predicted octanol–water partition coefficient (Wildman–Crippen LogP) is 0.419. The monoisotopic (exact) mass is 116 g/mol. The summed E-state index contributed by atoms with van der Waals surface area (Å²) in [4.78, 5) is 10.2. The van der Waals surface area contributed by atoms with Crippen LogP contribution in [0.5, 0.6) is 0 Å². The van der Waals surface area contributed by atoms with Gasteiger partial charge in [-0.15, -0.1) is 0 Å². The third-order valence-electron chi connectivity index (χ3n) is 0.520. The van der Waals surface area contributed by atoms with Crippen LogP contribution in [0.4, 0.5) is 4.79 Å². The van der Waals surface area contributed by atoms with E-state index in [0.717, 1.165) is 11.8 Å².